The first-order valence-corrected chi connectivity index (χ1v) is 4.66. The zero-order valence-corrected chi connectivity index (χ0v) is 8.67. The molecule has 1 amide bonds. The number of hydrogen-bond acceptors (Lipinski definition) is 5. The maximum atomic E-state index is 11.6. The van der Waals surface area contributed by atoms with Crippen LogP contribution >= 0.6 is 0 Å². The molecule has 0 fully saturated rings. The predicted molar refractivity (Wildman–Crippen MR) is 55.6 cm³/mol. The van der Waals surface area contributed by atoms with Gasteiger partial charge >= 0.3 is 5.97 Å². The third kappa shape index (κ3) is 2.66. The molecule has 0 aliphatic carbocycles. The summed E-state index contributed by atoms with van der Waals surface area (Å²) in [5.74, 6) is -1.77. The molecule has 1 unspecified atom stereocenters. The third-order valence-electron chi connectivity index (χ3n) is 1.95. The van der Waals surface area contributed by atoms with E-state index in [1.54, 1.807) is 6.92 Å². The fraction of sp³-hybridized carbons (Fsp3) is 0.333. The molecular weight excluding hydrogens is 212 g/mol. The highest BCUT2D eigenvalue weighted by Gasteiger charge is 2.20. The fourth-order valence-corrected chi connectivity index (χ4v) is 1.09. The summed E-state index contributed by atoms with van der Waals surface area (Å²) in [7, 11) is 0. The number of carbonyl (C=O) groups excluding carboxylic acids is 1. The van der Waals surface area contributed by atoms with E-state index < -0.39 is 17.9 Å². The van der Waals surface area contributed by atoms with Crippen LogP contribution in [0.1, 0.15) is 23.8 Å². The van der Waals surface area contributed by atoms with Crippen molar-refractivity contribution in [2.24, 2.45) is 0 Å². The van der Waals surface area contributed by atoms with Gasteiger partial charge in [0.05, 0.1) is 0 Å². The van der Waals surface area contributed by atoms with Gasteiger partial charge in [-0.1, -0.05) is 6.92 Å². The molecule has 7 nitrogen and oxygen atoms in total. The Balaban J connectivity index is 2.80. The normalized spacial score (nSPS) is 11.8. The Morgan fingerprint density at radius 1 is 1.50 bits per heavy atom. The minimum atomic E-state index is -1.10. The molecule has 0 aliphatic heterocycles. The number of rotatable bonds is 4. The average Bonchev–Trinajstić information content (AvgIpc) is 2.25. The first-order chi connectivity index (χ1) is 7.56. The summed E-state index contributed by atoms with van der Waals surface area (Å²) >= 11 is 0. The Labute approximate surface area is 91.7 Å². The standard InChI is InChI=1S/C9H12N4O3/c1-2-5(9(15)16)13-8(14)6-7(10)12-4-3-11-6/h3-5H,2H2,1H3,(H2,10,12)(H,13,14)(H,15,16). The van der Waals surface area contributed by atoms with Gasteiger partial charge in [-0.2, -0.15) is 0 Å². The third-order valence-corrected chi connectivity index (χ3v) is 1.95. The van der Waals surface area contributed by atoms with Gasteiger partial charge in [0.1, 0.15) is 6.04 Å². The van der Waals surface area contributed by atoms with Crippen molar-refractivity contribution in [2.75, 3.05) is 5.73 Å². The number of amides is 1. The summed E-state index contributed by atoms with van der Waals surface area (Å²) in [5, 5.41) is 11.1. The van der Waals surface area contributed by atoms with Crippen molar-refractivity contribution in [1.82, 2.24) is 15.3 Å². The van der Waals surface area contributed by atoms with Gasteiger partial charge in [-0.3, -0.25) is 4.79 Å². The second-order valence-corrected chi connectivity index (χ2v) is 3.06. The van der Waals surface area contributed by atoms with Gasteiger partial charge in [-0.05, 0) is 6.42 Å². The zero-order valence-electron chi connectivity index (χ0n) is 8.67. The zero-order chi connectivity index (χ0) is 12.1. The van der Waals surface area contributed by atoms with E-state index in [2.05, 4.69) is 15.3 Å². The number of aromatic nitrogens is 2. The van der Waals surface area contributed by atoms with Gasteiger partial charge in [-0.25, -0.2) is 14.8 Å². The molecule has 0 spiro atoms. The molecule has 1 rings (SSSR count). The second-order valence-electron chi connectivity index (χ2n) is 3.06. The molecule has 16 heavy (non-hydrogen) atoms. The number of nitrogen functional groups attached to an aromatic ring is 1. The Morgan fingerprint density at radius 3 is 2.62 bits per heavy atom. The molecule has 1 heterocycles. The highest BCUT2D eigenvalue weighted by molar-refractivity contribution is 5.98. The molecule has 4 N–H and O–H groups in total. The number of carboxylic acids is 1. The molecule has 0 aromatic carbocycles. The number of nitrogens with one attached hydrogen (secondary N) is 1. The quantitative estimate of drug-likeness (QED) is 0.643. The Bertz CT molecular complexity index is 407. The van der Waals surface area contributed by atoms with Crippen LogP contribution in [0, 0.1) is 0 Å². The van der Waals surface area contributed by atoms with E-state index in [9.17, 15) is 9.59 Å². The lowest BCUT2D eigenvalue weighted by Crippen LogP contribution is -2.40. The van der Waals surface area contributed by atoms with Crippen LogP contribution in [-0.4, -0.2) is 33.0 Å². The molecular formula is C9H12N4O3. The van der Waals surface area contributed by atoms with Crippen molar-refractivity contribution in [2.45, 2.75) is 19.4 Å². The van der Waals surface area contributed by atoms with Crippen LogP contribution in [0.4, 0.5) is 5.82 Å². The lowest BCUT2D eigenvalue weighted by Gasteiger charge is -2.11. The van der Waals surface area contributed by atoms with Gasteiger partial charge in [0, 0.05) is 12.4 Å². The van der Waals surface area contributed by atoms with E-state index >= 15 is 0 Å². The number of nitrogens with two attached hydrogens (primary N) is 1. The largest absolute Gasteiger partial charge is 0.480 e. The van der Waals surface area contributed by atoms with Crippen molar-refractivity contribution in [3.63, 3.8) is 0 Å². The number of carboxylic acid groups (broad SMARTS) is 1. The molecule has 0 saturated carbocycles. The summed E-state index contributed by atoms with van der Waals surface area (Å²) in [6.07, 6.45) is 2.94. The van der Waals surface area contributed by atoms with Gasteiger partial charge in [0.25, 0.3) is 5.91 Å². The lowest BCUT2D eigenvalue weighted by molar-refractivity contribution is -0.139. The number of carbonyl (C=O) groups is 2. The van der Waals surface area contributed by atoms with E-state index in [1.165, 1.54) is 12.4 Å². The number of anilines is 1. The molecule has 0 aliphatic rings. The van der Waals surface area contributed by atoms with Crippen molar-refractivity contribution >= 4 is 17.7 Å². The summed E-state index contributed by atoms with van der Waals surface area (Å²) in [4.78, 5) is 29.7. The molecule has 7 heteroatoms. The number of nitrogens with zero attached hydrogens (tertiary/aromatic N) is 2. The van der Waals surface area contributed by atoms with Crippen LogP contribution in [0.15, 0.2) is 12.4 Å². The maximum absolute atomic E-state index is 11.6. The molecule has 1 aromatic heterocycles. The van der Waals surface area contributed by atoms with Gasteiger partial charge in [0.15, 0.2) is 11.5 Å². The van der Waals surface area contributed by atoms with Crippen molar-refractivity contribution < 1.29 is 14.7 Å². The Morgan fingerprint density at radius 2 is 2.12 bits per heavy atom. The predicted octanol–water partition coefficient (Wildman–Crippen LogP) is -0.348. The Hall–Kier alpha value is -2.18. The average molecular weight is 224 g/mol. The SMILES string of the molecule is CCC(NC(=O)c1nccnc1N)C(=O)O. The molecule has 0 saturated heterocycles. The minimum Gasteiger partial charge on any atom is -0.480 e. The smallest absolute Gasteiger partial charge is 0.326 e. The molecule has 0 radical (unpaired) electrons. The Kier molecular flexibility index (Phi) is 3.76. The lowest BCUT2D eigenvalue weighted by atomic mass is 10.2. The molecule has 86 valence electrons. The van der Waals surface area contributed by atoms with E-state index in [0.717, 1.165) is 0 Å². The first-order valence-electron chi connectivity index (χ1n) is 4.66. The number of aliphatic carboxylic acids is 1. The fourth-order valence-electron chi connectivity index (χ4n) is 1.09. The highest BCUT2D eigenvalue weighted by Crippen LogP contribution is 2.03. The van der Waals surface area contributed by atoms with Gasteiger partial charge < -0.3 is 16.2 Å². The summed E-state index contributed by atoms with van der Waals surface area (Å²) in [5.41, 5.74) is 5.37. The van der Waals surface area contributed by atoms with Crippen LogP contribution in [0.3, 0.4) is 0 Å². The first kappa shape index (κ1) is 11.9. The van der Waals surface area contributed by atoms with E-state index in [0.29, 0.717) is 0 Å². The van der Waals surface area contributed by atoms with E-state index in [4.69, 9.17) is 10.8 Å². The summed E-state index contributed by atoms with van der Waals surface area (Å²) in [6, 6.07) is -0.950. The van der Waals surface area contributed by atoms with Gasteiger partial charge in [-0.15, -0.1) is 0 Å². The van der Waals surface area contributed by atoms with E-state index in [1.807, 2.05) is 0 Å². The van der Waals surface area contributed by atoms with Gasteiger partial charge in [0.2, 0.25) is 0 Å². The summed E-state index contributed by atoms with van der Waals surface area (Å²) < 4.78 is 0. The van der Waals surface area contributed by atoms with Crippen LogP contribution in [-0.2, 0) is 4.79 Å². The second kappa shape index (κ2) is 5.06. The van der Waals surface area contributed by atoms with Crippen LogP contribution in [0.2, 0.25) is 0 Å². The van der Waals surface area contributed by atoms with E-state index in [-0.39, 0.29) is 17.9 Å². The van der Waals surface area contributed by atoms with Crippen LogP contribution in [0.25, 0.3) is 0 Å². The maximum Gasteiger partial charge on any atom is 0.326 e. The minimum absolute atomic E-state index is 0.0276. The highest BCUT2D eigenvalue weighted by atomic mass is 16.4. The van der Waals surface area contributed by atoms with Crippen LogP contribution < -0.4 is 11.1 Å². The van der Waals surface area contributed by atoms with Crippen molar-refractivity contribution in [3.8, 4) is 0 Å². The number of hydrogen-bond donors (Lipinski definition) is 3. The van der Waals surface area contributed by atoms with Crippen LogP contribution in [0.5, 0.6) is 0 Å². The monoisotopic (exact) mass is 224 g/mol. The molecule has 1 aromatic rings. The topological polar surface area (TPSA) is 118 Å². The molecule has 0 bridgehead atoms. The summed E-state index contributed by atoms with van der Waals surface area (Å²) in [6.45, 7) is 1.65. The molecule has 1 atom stereocenters. The van der Waals surface area contributed by atoms with Crippen molar-refractivity contribution in [1.29, 1.82) is 0 Å². The van der Waals surface area contributed by atoms with Crippen molar-refractivity contribution in [3.05, 3.63) is 18.1 Å².